The fraction of sp³-hybridized carbons (Fsp3) is 0.571. The van der Waals surface area contributed by atoms with Crippen LogP contribution in [0, 0.1) is 5.92 Å². The van der Waals surface area contributed by atoms with E-state index in [1.54, 1.807) is 14.2 Å². The summed E-state index contributed by atoms with van der Waals surface area (Å²) in [6.45, 7) is 3.92. The largest absolute Gasteiger partial charge is 0.496 e. The first kappa shape index (κ1) is 16.9. The summed E-state index contributed by atoms with van der Waals surface area (Å²) in [6.07, 6.45) is -0.381. The van der Waals surface area contributed by atoms with Gasteiger partial charge in [0.05, 0.1) is 19.0 Å². The quantitative estimate of drug-likeness (QED) is 0.797. The van der Waals surface area contributed by atoms with E-state index in [1.807, 2.05) is 38.1 Å². The molecule has 20 heavy (non-hydrogen) atoms. The van der Waals surface area contributed by atoms with Gasteiger partial charge in [-0.05, 0) is 12.0 Å². The Morgan fingerprint density at radius 3 is 2.40 bits per heavy atom. The fourth-order valence-corrected chi connectivity index (χ4v) is 3.35. The van der Waals surface area contributed by atoms with Crippen LogP contribution >= 0.6 is 0 Å². The standard InChI is InChI=1S/C14H23NO4S/c1-11(2)10-20(16,17)15-9-14(19-4)12-7-5-6-8-13(12)18-3/h5-8,11,14-15H,9-10H2,1-4H3. The summed E-state index contributed by atoms with van der Waals surface area (Å²) in [5.41, 5.74) is 0.824. The third-order valence-corrected chi connectivity index (χ3v) is 4.52. The predicted molar refractivity (Wildman–Crippen MR) is 79.4 cm³/mol. The van der Waals surface area contributed by atoms with Crippen molar-refractivity contribution in [3.63, 3.8) is 0 Å². The second kappa shape index (κ2) is 7.61. The maximum atomic E-state index is 11.8. The van der Waals surface area contributed by atoms with E-state index in [2.05, 4.69) is 4.72 Å². The van der Waals surface area contributed by atoms with Crippen molar-refractivity contribution in [3.05, 3.63) is 29.8 Å². The van der Waals surface area contributed by atoms with Gasteiger partial charge in [0.1, 0.15) is 5.75 Å². The average Bonchev–Trinajstić information content (AvgIpc) is 2.38. The zero-order valence-corrected chi connectivity index (χ0v) is 13.2. The molecule has 1 aromatic rings. The van der Waals surface area contributed by atoms with E-state index >= 15 is 0 Å². The molecule has 0 bridgehead atoms. The van der Waals surface area contributed by atoms with Crippen molar-refractivity contribution in [2.45, 2.75) is 20.0 Å². The molecule has 5 nitrogen and oxygen atoms in total. The summed E-state index contributed by atoms with van der Waals surface area (Å²) in [5, 5.41) is 0. The molecule has 0 saturated carbocycles. The highest BCUT2D eigenvalue weighted by atomic mass is 32.2. The number of methoxy groups -OCH3 is 2. The maximum absolute atomic E-state index is 11.8. The topological polar surface area (TPSA) is 64.6 Å². The summed E-state index contributed by atoms with van der Waals surface area (Å²) in [5.74, 6) is 0.872. The van der Waals surface area contributed by atoms with Crippen LogP contribution in [0.1, 0.15) is 25.5 Å². The summed E-state index contributed by atoms with van der Waals surface area (Å²) in [6, 6.07) is 7.41. The molecule has 0 fully saturated rings. The van der Waals surface area contributed by atoms with Gasteiger partial charge in [0.2, 0.25) is 10.0 Å². The first-order valence-electron chi connectivity index (χ1n) is 6.52. The number of sulfonamides is 1. The lowest BCUT2D eigenvalue weighted by Crippen LogP contribution is -2.32. The van der Waals surface area contributed by atoms with Crippen molar-refractivity contribution in [1.82, 2.24) is 4.72 Å². The minimum Gasteiger partial charge on any atom is -0.496 e. The second-order valence-electron chi connectivity index (χ2n) is 4.99. The number of hydrogen-bond acceptors (Lipinski definition) is 4. The third-order valence-electron chi connectivity index (χ3n) is 2.81. The monoisotopic (exact) mass is 301 g/mol. The first-order chi connectivity index (χ1) is 9.39. The van der Waals surface area contributed by atoms with Crippen LogP contribution in [0.15, 0.2) is 24.3 Å². The van der Waals surface area contributed by atoms with Crippen molar-refractivity contribution >= 4 is 10.0 Å². The van der Waals surface area contributed by atoms with Gasteiger partial charge in [-0.3, -0.25) is 0 Å². The van der Waals surface area contributed by atoms with E-state index in [4.69, 9.17) is 9.47 Å². The smallest absolute Gasteiger partial charge is 0.211 e. The number of nitrogens with one attached hydrogen (secondary N) is 1. The van der Waals surface area contributed by atoms with Crippen LogP contribution in [0.4, 0.5) is 0 Å². The summed E-state index contributed by atoms with van der Waals surface area (Å²) < 4.78 is 36.9. The van der Waals surface area contributed by atoms with Gasteiger partial charge in [0.15, 0.2) is 0 Å². The van der Waals surface area contributed by atoms with Gasteiger partial charge in [0, 0.05) is 19.2 Å². The molecular weight excluding hydrogens is 278 g/mol. The third kappa shape index (κ3) is 5.11. The normalized spacial score (nSPS) is 13.4. The zero-order valence-electron chi connectivity index (χ0n) is 12.4. The van der Waals surface area contributed by atoms with Crippen molar-refractivity contribution in [2.24, 2.45) is 5.92 Å². The predicted octanol–water partition coefficient (Wildman–Crippen LogP) is 1.96. The summed E-state index contributed by atoms with van der Waals surface area (Å²) in [4.78, 5) is 0. The molecule has 1 unspecified atom stereocenters. The Balaban J connectivity index is 2.78. The molecule has 1 atom stereocenters. The summed E-state index contributed by atoms with van der Waals surface area (Å²) in [7, 11) is -0.157. The molecule has 0 aliphatic heterocycles. The number of rotatable bonds is 8. The second-order valence-corrected chi connectivity index (χ2v) is 6.84. The van der Waals surface area contributed by atoms with Crippen molar-refractivity contribution < 1.29 is 17.9 Å². The fourth-order valence-electron chi connectivity index (χ4n) is 1.95. The lowest BCUT2D eigenvalue weighted by molar-refractivity contribution is 0.105. The highest BCUT2D eigenvalue weighted by Crippen LogP contribution is 2.26. The molecule has 0 spiro atoms. The maximum Gasteiger partial charge on any atom is 0.211 e. The average molecular weight is 301 g/mol. The molecule has 0 aromatic heterocycles. The van der Waals surface area contributed by atoms with Crippen LogP contribution in [-0.2, 0) is 14.8 Å². The van der Waals surface area contributed by atoms with Gasteiger partial charge < -0.3 is 9.47 Å². The number of hydrogen-bond donors (Lipinski definition) is 1. The van der Waals surface area contributed by atoms with E-state index in [9.17, 15) is 8.42 Å². The Kier molecular flexibility index (Phi) is 6.45. The molecular formula is C14H23NO4S. The molecule has 0 aliphatic rings. The first-order valence-corrected chi connectivity index (χ1v) is 8.18. The van der Waals surface area contributed by atoms with Gasteiger partial charge in [0.25, 0.3) is 0 Å². The van der Waals surface area contributed by atoms with Crippen LogP contribution in [0.3, 0.4) is 0 Å². The summed E-state index contributed by atoms with van der Waals surface area (Å²) >= 11 is 0. The van der Waals surface area contributed by atoms with Crippen LogP contribution in [0.5, 0.6) is 5.75 Å². The van der Waals surface area contributed by atoms with Gasteiger partial charge in [-0.1, -0.05) is 32.0 Å². The van der Waals surface area contributed by atoms with Gasteiger partial charge in [-0.2, -0.15) is 0 Å². The van der Waals surface area contributed by atoms with E-state index in [0.717, 1.165) is 5.56 Å². The molecule has 0 amide bonds. The molecule has 1 aromatic carbocycles. The van der Waals surface area contributed by atoms with Crippen LogP contribution in [0.25, 0.3) is 0 Å². The molecule has 0 heterocycles. The highest BCUT2D eigenvalue weighted by Gasteiger charge is 2.19. The van der Waals surface area contributed by atoms with Crippen molar-refractivity contribution in [3.8, 4) is 5.75 Å². The Morgan fingerprint density at radius 2 is 1.85 bits per heavy atom. The van der Waals surface area contributed by atoms with E-state index in [0.29, 0.717) is 5.75 Å². The van der Waals surface area contributed by atoms with Crippen LogP contribution < -0.4 is 9.46 Å². The number of benzene rings is 1. The Morgan fingerprint density at radius 1 is 1.20 bits per heavy atom. The lowest BCUT2D eigenvalue weighted by atomic mass is 10.1. The molecule has 0 aliphatic carbocycles. The van der Waals surface area contributed by atoms with E-state index < -0.39 is 10.0 Å². The van der Waals surface area contributed by atoms with Gasteiger partial charge in [-0.15, -0.1) is 0 Å². The molecule has 1 rings (SSSR count). The number of ether oxygens (including phenoxy) is 2. The molecule has 1 N–H and O–H groups in total. The minimum atomic E-state index is -3.28. The molecule has 114 valence electrons. The van der Waals surface area contributed by atoms with E-state index in [1.165, 1.54) is 0 Å². The molecule has 0 saturated heterocycles. The Hall–Kier alpha value is -1.11. The Bertz CT molecular complexity index is 514. The van der Waals surface area contributed by atoms with Crippen molar-refractivity contribution in [1.29, 1.82) is 0 Å². The van der Waals surface area contributed by atoms with Crippen LogP contribution in [-0.4, -0.2) is 34.9 Å². The molecule has 0 radical (unpaired) electrons. The van der Waals surface area contributed by atoms with Crippen LogP contribution in [0.2, 0.25) is 0 Å². The van der Waals surface area contributed by atoms with E-state index in [-0.39, 0.29) is 24.3 Å². The Labute approximate surface area is 121 Å². The molecule has 6 heteroatoms. The lowest BCUT2D eigenvalue weighted by Gasteiger charge is -2.19. The zero-order chi connectivity index (χ0) is 15.2. The number of para-hydroxylation sites is 1. The SMILES string of the molecule is COc1ccccc1C(CNS(=O)(=O)CC(C)C)OC. The van der Waals surface area contributed by atoms with Gasteiger partial charge in [-0.25, -0.2) is 13.1 Å². The van der Waals surface area contributed by atoms with Gasteiger partial charge >= 0.3 is 0 Å². The van der Waals surface area contributed by atoms with Crippen molar-refractivity contribution in [2.75, 3.05) is 26.5 Å². The highest BCUT2D eigenvalue weighted by molar-refractivity contribution is 7.89. The minimum absolute atomic E-state index is 0.0831.